The molecule has 2 aliphatic carbocycles. The molecule has 3 fully saturated rings. The van der Waals surface area contributed by atoms with Gasteiger partial charge in [0.2, 0.25) is 0 Å². The molecular weight excluding hydrogens is 340 g/mol. The van der Waals surface area contributed by atoms with E-state index >= 15 is 0 Å². The number of ether oxygens (including phenoxy) is 1. The van der Waals surface area contributed by atoms with Gasteiger partial charge in [0.05, 0.1) is 11.7 Å². The number of pyridine rings is 1. The number of aryl methyl sites for hydroxylation is 1. The van der Waals surface area contributed by atoms with Gasteiger partial charge < -0.3 is 20.3 Å². The van der Waals surface area contributed by atoms with E-state index in [9.17, 15) is 4.79 Å². The third kappa shape index (κ3) is 3.97. The lowest BCUT2D eigenvalue weighted by atomic mass is 9.77. The van der Waals surface area contributed by atoms with Gasteiger partial charge in [-0.3, -0.25) is 4.79 Å². The summed E-state index contributed by atoms with van der Waals surface area (Å²) in [6, 6.07) is 4.13. The fourth-order valence-electron chi connectivity index (χ4n) is 4.81. The predicted molar refractivity (Wildman–Crippen MR) is 106 cm³/mol. The third-order valence-electron chi connectivity index (χ3n) is 6.57. The van der Waals surface area contributed by atoms with Gasteiger partial charge in [-0.15, -0.1) is 0 Å². The summed E-state index contributed by atoms with van der Waals surface area (Å²) >= 11 is 0. The highest BCUT2D eigenvalue weighted by atomic mass is 16.5. The second-order valence-electron chi connectivity index (χ2n) is 8.93. The third-order valence-corrected chi connectivity index (χ3v) is 6.57. The Kier molecular flexibility index (Phi) is 5.12. The Hall–Kier alpha value is -1.66. The fraction of sp³-hybridized carbons (Fsp3) is 0.714. The second-order valence-corrected chi connectivity index (χ2v) is 8.93. The van der Waals surface area contributed by atoms with E-state index in [0.29, 0.717) is 29.5 Å². The van der Waals surface area contributed by atoms with Gasteiger partial charge in [0, 0.05) is 31.4 Å². The van der Waals surface area contributed by atoms with Crippen molar-refractivity contribution in [3.05, 3.63) is 23.4 Å². The van der Waals surface area contributed by atoms with E-state index in [0.717, 1.165) is 50.0 Å². The van der Waals surface area contributed by atoms with Gasteiger partial charge in [0.15, 0.2) is 0 Å². The van der Waals surface area contributed by atoms with E-state index in [-0.39, 0.29) is 0 Å². The van der Waals surface area contributed by atoms with E-state index in [2.05, 4.69) is 28.9 Å². The molecule has 0 aromatic carbocycles. The quantitative estimate of drug-likeness (QED) is 0.828. The van der Waals surface area contributed by atoms with Gasteiger partial charge in [-0.05, 0) is 76.6 Å². The molecule has 1 aromatic rings. The number of nitrogens with zero attached hydrogens (tertiary/aromatic N) is 3. The fourth-order valence-corrected chi connectivity index (χ4v) is 4.81. The first-order chi connectivity index (χ1) is 12.9. The predicted octanol–water partition coefficient (Wildman–Crippen LogP) is 2.06. The Morgan fingerprint density at radius 1 is 1.26 bits per heavy atom. The Morgan fingerprint density at radius 3 is 2.59 bits per heavy atom. The first kappa shape index (κ1) is 18.7. The van der Waals surface area contributed by atoms with Crippen molar-refractivity contribution in [3.8, 4) is 0 Å². The SMILES string of the molecule is Cc1ccc(C(N)=O)c(N2C[C@H]3C[C@@H](N(C)C)[C@H](OCC4CC4)C[C@H]3C2)n1. The van der Waals surface area contributed by atoms with Crippen molar-refractivity contribution in [2.75, 3.05) is 38.7 Å². The lowest BCUT2D eigenvalue weighted by Crippen LogP contribution is -2.48. The summed E-state index contributed by atoms with van der Waals surface area (Å²) in [5, 5.41) is 0. The number of likely N-dealkylation sites (N-methyl/N-ethyl adjacent to an activating group) is 1. The minimum Gasteiger partial charge on any atom is -0.376 e. The number of aromatic nitrogens is 1. The van der Waals surface area contributed by atoms with Crippen LogP contribution in [-0.2, 0) is 4.74 Å². The maximum Gasteiger partial charge on any atom is 0.252 e. The van der Waals surface area contributed by atoms with Crippen LogP contribution in [0.4, 0.5) is 5.82 Å². The van der Waals surface area contributed by atoms with Crippen LogP contribution in [0.15, 0.2) is 12.1 Å². The molecule has 0 radical (unpaired) electrons. The van der Waals surface area contributed by atoms with Crippen LogP contribution in [-0.4, -0.2) is 61.7 Å². The molecule has 2 N–H and O–H groups in total. The van der Waals surface area contributed by atoms with Crippen molar-refractivity contribution < 1.29 is 9.53 Å². The molecule has 4 atom stereocenters. The maximum absolute atomic E-state index is 11.9. The minimum absolute atomic E-state index is 0.308. The van der Waals surface area contributed by atoms with Gasteiger partial charge in [-0.1, -0.05) is 0 Å². The average molecular weight is 373 g/mol. The Labute approximate surface area is 162 Å². The molecule has 1 amide bonds. The molecule has 6 heteroatoms. The number of amides is 1. The van der Waals surface area contributed by atoms with Gasteiger partial charge >= 0.3 is 0 Å². The summed E-state index contributed by atoms with van der Waals surface area (Å²) in [6.07, 6.45) is 5.20. The van der Waals surface area contributed by atoms with E-state index in [1.54, 1.807) is 0 Å². The molecular formula is C21H32N4O2. The first-order valence-electron chi connectivity index (χ1n) is 10.2. The average Bonchev–Trinajstić information content (AvgIpc) is 3.36. The number of rotatable bonds is 6. The van der Waals surface area contributed by atoms with E-state index in [4.69, 9.17) is 10.5 Å². The van der Waals surface area contributed by atoms with Gasteiger partial charge in [0.1, 0.15) is 5.82 Å². The molecule has 1 aliphatic heterocycles. The molecule has 0 unspecified atom stereocenters. The van der Waals surface area contributed by atoms with Crippen LogP contribution in [0.5, 0.6) is 0 Å². The Morgan fingerprint density at radius 2 is 1.96 bits per heavy atom. The van der Waals surface area contributed by atoms with Gasteiger partial charge in [-0.25, -0.2) is 4.98 Å². The Bertz CT molecular complexity index is 703. The molecule has 4 rings (SSSR count). The number of hydrogen-bond donors (Lipinski definition) is 1. The van der Waals surface area contributed by atoms with E-state index in [1.165, 1.54) is 12.8 Å². The van der Waals surface area contributed by atoms with Gasteiger partial charge in [0.25, 0.3) is 5.91 Å². The zero-order valence-corrected chi connectivity index (χ0v) is 16.7. The van der Waals surface area contributed by atoms with Crippen LogP contribution in [0, 0.1) is 24.7 Å². The van der Waals surface area contributed by atoms with Crippen molar-refractivity contribution >= 4 is 11.7 Å². The second kappa shape index (κ2) is 7.40. The first-order valence-corrected chi connectivity index (χ1v) is 10.2. The number of carbonyl (C=O) groups excluding carboxylic acids is 1. The lowest BCUT2D eigenvalue weighted by molar-refractivity contribution is -0.0493. The highest BCUT2D eigenvalue weighted by molar-refractivity contribution is 5.97. The van der Waals surface area contributed by atoms with Gasteiger partial charge in [-0.2, -0.15) is 0 Å². The molecule has 27 heavy (non-hydrogen) atoms. The summed E-state index contributed by atoms with van der Waals surface area (Å²) in [7, 11) is 4.33. The van der Waals surface area contributed by atoms with Crippen molar-refractivity contribution in [2.45, 2.75) is 44.8 Å². The molecule has 1 saturated heterocycles. The molecule has 3 aliphatic rings. The lowest BCUT2D eigenvalue weighted by Gasteiger charge is -2.41. The zero-order valence-electron chi connectivity index (χ0n) is 16.7. The topological polar surface area (TPSA) is 71.7 Å². The summed E-state index contributed by atoms with van der Waals surface area (Å²) in [6.45, 7) is 4.76. The molecule has 6 nitrogen and oxygen atoms in total. The van der Waals surface area contributed by atoms with Crippen LogP contribution in [0.2, 0.25) is 0 Å². The van der Waals surface area contributed by atoms with Crippen LogP contribution in [0.3, 0.4) is 0 Å². The molecule has 1 aromatic heterocycles. The summed E-state index contributed by atoms with van der Waals surface area (Å²) in [4.78, 5) is 21.1. The van der Waals surface area contributed by atoms with E-state index in [1.807, 2.05) is 19.1 Å². The largest absolute Gasteiger partial charge is 0.376 e. The smallest absolute Gasteiger partial charge is 0.252 e. The van der Waals surface area contributed by atoms with Crippen LogP contribution >= 0.6 is 0 Å². The number of carbonyl (C=O) groups is 1. The summed E-state index contributed by atoms with van der Waals surface area (Å²) < 4.78 is 6.36. The van der Waals surface area contributed by atoms with Crippen LogP contribution < -0.4 is 10.6 Å². The number of primary amides is 1. The number of anilines is 1. The van der Waals surface area contributed by atoms with Crippen LogP contribution in [0.25, 0.3) is 0 Å². The highest BCUT2D eigenvalue weighted by Crippen LogP contribution is 2.41. The summed E-state index contributed by atoms with van der Waals surface area (Å²) in [5.74, 6) is 2.35. The van der Waals surface area contributed by atoms with Crippen molar-refractivity contribution in [1.29, 1.82) is 0 Å². The standard InChI is InChI=1S/C21H32N4O2/c1-13-4-7-17(20(22)26)21(23-13)25-10-15-8-18(24(2)3)19(9-16(15)11-25)27-12-14-5-6-14/h4,7,14-16,18-19H,5-6,8-12H2,1-3H3,(H2,22,26)/t15-,16+,18-,19-/m1/s1. The monoisotopic (exact) mass is 372 g/mol. The maximum atomic E-state index is 11.9. The number of fused-ring (bicyclic) bond motifs is 1. The number of hydrogen-bond acceptors (Lipinski definition) is 5. The zero-order chi connectivity index (χ0) is 19.1. The van der Waals surface area contributed by atoms with Crippen LogP contribution in [0.1, 0.15) is 41.7 Å². The van der Waals surface area contributed by atoms with Crippen molar-refractivity contribution in [3.63, 3.8) is 0 Å². The highest BCUT2D eigenvalue weighted by Gasteiger charge is 2.44. The minimum atomic E-state index is -0.399. The molecule has 0 bridgehead atoms. The normalized spacial score (nSPS) is 30.6. The molecule has 2 heterocycles. The molecule has 148 valence electrons. The molecule has 0 spiro atoms. The summed E-state index contributed by atoms with van der Waals surface area (Å²) in [5.41, 5.74) is 7.05. The molecule has 2 saturated carbocycles. The number of nitrogens with two attached hydrogens (primary N) is 1. The van der Waals surface area contributed by atoms with Crippen molar-refractivity contribution in [2.24, 2.45) is 23.5 Å². The Balaban J connectivity index is 1.50. The van der Waals surface area contributed by atoms with Crippen molar-refractivity contribution in [1.82, 2.24) is 9.88 Å². The van der Waals surface area contributed by atoms with E-state index < -0.39 is 5.91 Å².